The number of hydrogen-bond donors (Lipinski definition) is 2. The Balaban J connectivity index is 1.69. The Labute approximate surface area is 140 Å². The summed E-state index contributed by atoms with van der Waals surface area (Å²) in [4.78, 5) is 13.7. The highest BCUT2D eigenvalue weighted by molar-refractivity contribution is 6.30. The third-order valence-corrected chi connectivity index (χ3v) is 4.02. The van der Waals surface area contributed by atoms with Crippen LogP contribution in [-0.2, 0) is 11.2 Å². The maximum absolute atomic E-state index is 11.9. The fourth-order valence-electron chi connectivity index (χ4n) is 2.72. The number of nitrogens with zero attached hydrogens (tertiary/aromatic N) is 1. The van der Waals surface area contributed by atoms with Crippen molar-refractivity contribution in [2.45, 2.75) is 13.3 Å². The van der Waals surface area contributed by atoms with E-state index in [1.54, 1.807) is 4.90 Å². The van der Waals surface area contributed by atoms with Gasteiger partial charge in [0, 0.05) is 28.6 Å². The molecule has 0 aliphatic carbocycles. The van der Waals surface area contributed by atoms with Crippen molar-refractivity contribution in [2.75, 3.05) is 22.1 Å². The zero-order valence-electron chi connectivity index (χ0n) is 12.9. The number of amides is 1. The van der Waals surface area contributed by atoms with Gasteiger partial charge in [-0.3, -0.25) is 4.79 Å². The summed E-state index contributed by atoms with van der Waals surface area (Å²) in [5, 5.41) is 7.08. The topological polar surface area (TPSA) is 44.4 Å². The molecule has 4 nitrogen and oxygen atoms in total. The van der Waals surface area contributed by atoms with E-state index in [0.29, 0.717) is 23.8 Å². The van der Waals surface area contributed by atoms with E-state index >= 15 is 0 Å². The number of benzene rings is 2. The van der Waals surface area contributed by atoms with Gasteiger partial charge >= 0.3 is 0 Å². The SMILES string of the molecule is C=C(Nc1ccc(Cl)cc1)Nc1ccc2c(c1)CC(=O)N2CC. The normalized spacial score (nSPS) is 13.0. The molecule has 5 heteroatoms. The van der Waals surface area contributed by atoms with Crippen molar-refractivity contribution in [3.8, 4) is 0 Å². The maximum atomic E-state index is 11.9. The van der Waals surface area contributed by atoms with Crippen LogP contribution in [0.5, 0.6) is 0 Å². The third kappa shape index (κ3) is 3.32. The van der Waals surface area contributed by atoms with Gasteiger partial charge in [-0.1, -0.05) is 18.2 Å². The quantitative estimate of drug-likeness (QED) is 0.863. The predicted molar refractivity (Wildman–Crippen MR) is 96.0 cm³/mol. The van der Waals surface area contributed by atoms with E-state index in [1.807, 2.05) is 49.4 Å². The molecule has 23 heavy (non-hydrogen) atoms. The van der Waals surface area contributed by atoms with E-state index in [0.717, 1.165) is 22.6 Å². The molecule has 0 fully saturated rings. The molecule has 0 spiro atoms. The average Bonchev–Trinajstić information content (AvgIpc) is 2.83. The van der Waals surface area contributed by atoms with E-state index in [2.05, 4.69) is 17.2 Å². The van der Waals surface area contributed by atoms with E-state index in [9.17, 15) is 4.79 Å². The lowest BCUT2D eigenvalue weighted by atomic mass is 10.1. The molecule has 1 heterocycles. The summed E-state index contributed by atoms with van der Waals surface area (Å²) in [5.41, 5.74) is 3.85. The zero-order valence-corrected chi connectivity index (χ0v) is 13.7. The third-order valence-electron chi connectivity index (χ3n) is 3.76. The summed E-state index contributed by atoms with van der Waals surface area (Å²) in [6, 6.07) is 13.3. The molecule has 0 saturated carbocycles. The van der Waals surface area contributed by atoms with E-state index in [4.69, 9.17) is 11.6 Å². The summed E-state index contributed by atoms with van der Waals surface area (Å²) in [5.74, 6) is 0.807. The summed E-state index contributed by atoms with van der Waals surface area (Å²) in [7, 11) is 0. The zero-order chi connectivity index (χ0) is 16.4. The van der Waals surface area contributed by atoms with E-state index < -0.39 is 0 Å². The van der Waals surface area contributed by atoms with Crippen LogP contribution in [0.4, 0.5) is 17.1 Å². The number of hydrogen-bond acceptors (Lipinski definition) is 3. The minimum absolute atomic E-state index is 0.151. The second kappa shape index (κ2) is 6.34. The second-order valence-corrected chi connectivity index (χ2v) is 5.83. The van der Waals surface area contributed by atoms with Crippen LogP contribution in [0.15, 0.2) is 54.9 Å². The molecule has 0 bridgehead atoms. The van der Waals surface area contributed by atoms with Gasteiger partial charge in [-0.05, 0) is 55.0 Å². The van der Waals surface area contributed by atoms with Crippen molar-refractivity contribution in [1.82, 2.24) is 0 Å². The first kappa shape index (κ1) is 15.4. The molecule has 0 saturated heterocycles. The van der Waals surface area contributed by atoms with Gasteiger partial charge in [0.05, 0.1) is 6.42 Å². The van der Waals surface area contributed by atoms with Gasteiger partial charge in [0.1, 0.15) is 5.82 Å². The Bertz CT molecular complexity index is 755. The van der Waals surface area contributed by atoms with Gasteiger partial charge in [0.25, 0.3) is 0 Å². The van der Waals surface area contributed by atoms with Crippen LogP contribution in [0.3, 0.4) is 0 Å². The van der Waals surface area contributed by atoms with Crippen LogP contribution in [0.1, 0.15) is 12.5 Å². The number of rotatable bonds is 5. The Hall–Kier alpha value is -2.46. The van der Waals surface area contributed by atoms with Crippen molar-refractivity contribution >= 4 is 34.6 Å². The molecule has 3 rings (SSSR count). The van der Waals surface area contributed by atoms with Gasteiger partial charge in [-0.25, -0.2) is 0 Å². The fourth-order valence-corrected chi connectivity index (χ4v) is 2.85. The molecule has 1 aliphatic heterocycles. The highest BCUT2D eigenvalue weighted by Gasteiger charge is 2.25. The molecule has 0 radical (unpaired) electrons. The van der Waals surface area contributed by atoms with Crippen LogP contribution in [0.2, 0.25) is 5.02 Å². The highest BCUT2D eigenvalue weighted by atomic mass is 35.5. The Morgan fingerprint density at radius 3 is 2.52 bits per heavy atom. The van der Waals surface area contributed by atoms with Crippen LogP contribution in [-0.4, -0.2) is 12.5 Å². The molecular weight excluding hydrogens is 310 g/mol. The summed E-state index contributed by atoms with van der Waals surface area (Å²) in [6.07, 6.45) is 0.454. The van der Waals surface area contributed by atoms with E-state index in [-0.39, 0.29) is 5.91 Å². The monoisotopic (exact) mass is 327 g/mol. The number of carbonyl (C=O) groups is 1. The number of nitrogens with one attached hydrogen (secondary N) is 2. The molecule has 0 unspecified atom stereocenters. The predicted octanol–water partition coefficient (Wildman–Crippen LogP) is 4.24. The minimum atomic E-state index is 0.151. The molecule has 2 aromatic carbocycles. The summed E-state index contributed by atoms with van der Waals surface area (Å²) >= 11 is 5.87. The van der Waals surface area contributed by atoms with Crippen molar-refractivity contribution in [3.63, 3.8) is 0 Å². The van der Waals surface area contributed by atoms with Gasteiger partial charge < -0.3 is 15.5 Å². The maximum Gasteiger partial charge on any atom is 0.231 e. The van der Waals surface area contributed by atoms with Crippen molar-refractivity contribution < 1.29 is 4.79 Å². The van der Waals surface area contributed by atoms with Gasteiger partial charge in [-0.15, -0.1) is 0 Å². The summed E-state index contributed by atoms with van der Waals surface area (Å²) in [6.45, 7) is 6.66. The highest BCUT2D eigenvalue weighted by Crippen LogP contribution is 2.31. The average molecular weight is 328 g/mol. The second-order valence-electron chi connectivity index (χ2n) is 5.39. The Morgan fingerprint density at radius 2 is 1.83 bits per heavy atom. The van der Waals surface area contributed by atoms with Gasteiger partial charge in [0.15, 0.2) is 0 Å². The first-order chi connectivity index (χ1) is 11.1. The van der Waals surface area contributed by atoms with Gasteiger partial charge in [0.2, 0.25) is 5.91 Å². The first-order valence-corrected chi connectivity index (χ1v) is 7.86. The fraction of sp³-hybridized carbons (Fsp3) is 0.167. The molecule has 1 amide bonds. The van der Waals surface area contributed by atoms with Crippen LogP contribution in [0.25, 0.3) is 0 Å². The lowest BCUT2D eigenvalue weighted by molar-refractivity contribution is -0.117. The van der Waals surface area contributed by atoms with Crippen LogP contribution >= 0.6 is 11.6 Å². The molecular formula is C18H18ClN3O. The molecule has 0 aromatic heterocycles. The Morgan fingerprint density at radius 1 is 1.17 bits per heavy atom. The van der Waals surface area contributed by atoms with Crippen molar-refractivity contribution in [3.05, 3.63) is 65.5 Å². The van der Waals surface area contributed by atoms with Crippen LogP contribution in [0, 0.1) is 0 Å². The van der Waals surface area contributed by atoms with Gasteiger partial charge in [-0.2, -0.15) is 0 Å². The van der Waals surface area contributed by atoms with E-state index in [1.165, 1.54) is 0 Å². The molecule has 118 valence electrons. The van der Waals surface area contributed by atoms with Crippen molar-refractivity contribution in [2.24, 2.45) is 0 Å². The number of fused-ring (bicyclic) bond motifs is 1. The largest absolute Gasteiger partial charge is 0.342 e. The Kier molecular flexibility index (Phi) is 4.26. The molecule has 0 atom stereocenters. The molecule has 2 N–H and O–H groups in total. The minimum Gasteiger partial charge on any atom is -0.342 e. The molecule has 2 aromatic rings. The smallest absolute Gasteiger partial charge is 0.231 e. The number of anilines is 3. The number of halogens is 1. The first-order valence-electron chi connectivity index (χ1n) is 7.48. The summed E-state index contributed by atoms with van der Waals surface area (Å²) < 4.78 is 0. The van der Waals surface area contributed by atoms with Crippen molar-refractivity contribution in [1.29, 1.82) is 0 Å². The lowest BCUT2D eigenvalue weighted by Crippen LogP contribution is -2.25. The number of likely N-dealkylation sites (N-methyl/N-ethyl adjacent to an activating group) is 1. The van der Waals surface area contributed by atoms with Crippen LogP contribution < -0.4 is 15.5 Å². The molecule has 1 aliphatic rings. The standard InChI is InChI=1S/C18H18ClN3O/c1-3-22-17-9-8-16(10-13(17)11-18(22)23)21-12(2)20-15-6-4-14(19)5-7-15/h4-10,20-21H,2-3,11H2,1H3. The lowest BCUT2D eigenvalue weighted by Gasteiger charge is -2.16. The number of carbonyl (C=O) groups excluding carboxylic acids is 1.